The van der Waals surface area contributed by atoms with Gasteiger partial charge in [0.2, 0.25) is 0 Å². The van der Waals surface area contributed by atoms with Crippen molar-refractivity contribution in [1.29, 1.82) is 0 Å². The zero-order valence-electron chi connectivity index (χ0n) is 15.5. The number of ketones is 1. The van der Waals surface area contributed by atoms with Crippen LogP contribution in [0.3, 0.4) is 0 Å². The Hall–Kier alpha value is -2.84. The van der Waals surface area contributed by atoms with E-state index in [0.717, 1.165) is 35.9 Å². The molecule has 2 aromatic heterocycles. The second-order valence-corrected chi connectivity index (χ2v) is 7.46. The first-order chi connectivity index (χ1) is 13.6. The van der Waals surface area contributed by atoms with Gasteiger partial charge >= 0.3 is 7.12 Å². The molecule has 0 saturated heterocycles. The number of benzene rings is 1. The van der Waals surface area contributed by atoms with Crippen molar-refractivity contribution in [3.8, 4) is 5.82 Å². The molecule has 2 aliphatic rings. The molecule has 0 amide bonds. The number of hydrogen-bond donors (Lipinski definition) is 1. The Morgan fingerprint density at radius 1 is 1.32 bits per heavy atom. The van der Waals surface area contributed by atoms with Crippen LogP contribution in [0.5, 0.6) is 0 Å². The standard InChI is InChI=1S/C20H19BN4O3/c1-13-19(23-24-25(13)18-5-2-3-10-22-18)17(26)12-14-6-7-15-16(11-14)21(27)28-20(15)8-4-9-20/h2-3,5-7,10-11,27H,4,8-9,12H2,1H3. The third-order valence-corrected chi connectivity index (χ3v) is 5.76. The zero-order chi connectivity index (χ0) is 19.3. The predicted octanol–water partition coefficient (Wildman–Crippen LogP) is 1.49. The van der Waals surface area contributed by atoms with Crippen molar-refractivity contribution in [2.24, 2.45) is 0 Å². The largest absolute Gasteiger partial charge is 0.492 e. The summed E-state index contributed by atoms with van der Waals surface area (Å²) in [6, 6.07) is 11.3. The number of fused-ring (bicyclic) bond motifs is 2. The van der Waals surface area contributed by atoms with Crippen molar-refractivity contribution in [2.45, 2.75) is 38.2 Å². The van der Waals surface area contributed by atoms with Crippen molar-refractivity contribution in [2.75, 3.05) is 0 Å². The fourth-order valence-corrected chi connectivity index (χ4v) is 4.12. The summed E-state index contributed by atoms with van der Waals surface area (Å²) in [5.74, 6) is 0.501. The second-order valence-electron chi connectivity index (χ2n) is 7.46. The van der Waals surface area contributed by atoms with Crippen LogP contribution in [0.15, 0.2) is 42.6 Å². The minimum Gasteiger partial charge on any atom is -0.423 e. The van der Waals surface area contributed by atoms with Crippen LogP contribution in [0.1, 0.15) is 46.6 Å². The lowest BCUT2D eigenvalue weighted by atomic mass is 9.72. The summed E-state index contributed by atoms with van der Waals surface area (Å²) in [4.78, 5) is 17.1. The maximum atomic E-state index is 12.8. The number of nitrogens with zero attached hydrogens (tertiary/aromatic N) is 4. The van der Waals surface area contributed by atoms with Crippen molar-refractivity contribution in [1.82, 2.24) is 20.0 Å². The molecule has 1 N–H and O–H groups in total. The van der Waals surface area contributed by atoms with E-state index in [2.05, 4.69) is 15.3 Å². The molecule has 0 atom stereocenters. The molecule has 0 radical (unpaired) electrons. The lowest BCUT2D eigenvalue weighted by Crippen LogP contribution is -2.35. The average molecular weight is 374 g/mol. The zero-order valence-corrected chi connectivity index (χ0v) is 15.5. The number of rotatable bonds is 4. The Bertz CT molecular complexity index is 1060. The molecule has 1 aliphatic carbocycles. The third kappa shape index (κ3) is 2.60. The van der Waals surface area contributed by atoms with Gasteiger partial charge in [0.1, 0.15) is 0 Å². The van der Waals surface area contributed by atoms with Gasteiger partial charge in [0.25, 0.3) is 0 Å². The van der Waals surface area contributed by atoms with Gasteiger partial charge in [0.05, 0.1) is 11.3 Å². The summed E-state index contributed by atoms with van der Waals surface area (Å²) in [5, 5.41) is 18.4. The fraction of sp³-hybridized carbons (Fsp3) is 0.300. The van der Waals surface area contributed by atoms with E-state index >= 15 is 0 Å². The van der Waals surface area contributed by atoms with Crippen molar-refractivity contribution in [3.05, 3.63) is 65.1 Å². The van der Waals surface area contributed by atoms with Crippen LogP contribution < -0.4 is 5.46 Å². The number of pyridine rings is 1. The minimum atomic E-state index is -0.919. The normalized spacial score (nSPS) is 16.9. The van der Waals surface area contributed by atoms with E-state index in [-0.39, 0.29) is 17.8 Å². The molecule has 1 saturated carbocycles. The van der Waals surface area contributed by atoms with Crippen molar-refractivity contribution < 1.29 is 14.5 Å². The molecule has 5 rings (SSSR count). The van der Waals surface area contributed by atoms with Gasteiger partial charge in [-0.1, -0.05) is 29.5 Å². The average Bonchev–Trinajstić information content (AvgIpc) is 3.20. The van der Waals surface area contributed by atoms with Gasteiger partial charge in [0, 0.05) is 12.6 Å². The maximum absolute atomic E-state index is 12.8. The molecule has 0 unspecified atom stereocenters. The van der Waals surface area contributed by atoms with Crippen LogP contribution >= 0.6 is 0 Å². The lowest BCUT2D eigenvalue weighted by Gasteiger charge is -2.39. The van der Waals surface area contributed by atoms with Crippen molar-refractivity contribution >= 4 is 18.4 Å². The van der Waals surface area contributed by atoms with Gasteiger partial charge in [0.15, 0.2) is 17.3 Å². The first-order valence-electron chi connectivity index (χ1n) is 9.43. The number of aromatic nitrogens is 4. The number of carbonyl (C=O) groups is 1. The van der Waals surface area contributed by atoms with Crippen LogP contribution in [-0.4, -0.2) is 37.9 Å². The molecule has 1 fully saturated rings. The molecule has 0 bridgehead atoms. The predicted molar refractivity (Wildman–Crippen MR) is 103 cm³/mol. The lowest BCUT2D eigenvalue weighted by molar-refractivity contribution is -0.0152. The van der Waals surface area contributed by atoms with Gasteiger partial charge in [-0.05, 0) is 54.9 Å². The Labute approximate surface area is 162 Å². The summed E-state index contributed by atoms with van der Waals surface area (Å²) < 4.78 is 7.37. The summed E-state index contributed by atoms with van der Waals surface area (Å²) in [7, 11) is -0.919. The Balaban J connectivity index is 1.40. The second kappa shape index (κ2) is 6.36. The quantitative estimate of drug-likeness (QED) is 0.550. The van der Waals surface area contributed by atoms with E-state index in [9.17, 15) is 9.82 Å². The van der Waals surface area contributed by atoms with E-state index < -0.39 is 7.12 Å². The summed E-state index contributed by atoms with van der Waals surface area (Å²) in [5.41, 5.74) is 3.33. The molecule has 28 heavy (non-hydrogen) atoms. The summed E-state index contributed by atoms with van der Waals surface area (Å²) in [6.07, 6.45) is 4.84. The molecule has 3 aromatic rings. The van der Waals surface area contributed by atoms with E-state index in [1.807, 2.05) is 43.3 Å². The molecule has 1 aliphatic heterocycles. The number of carbonyl (C=O) groups excluding carboxylic acids is 1. The van der Waals surface area contributed by atoms with Crippen molar-refractivity contribution in [3.63, 3.8) is 0 Å². The molecular weight excluding hydrogens is 355 g/mol. The molecular formula is C20H19BN4O3. The molecule has 1 aromatic carbocycles. The molecule has 8 heteroatoms. The molecule has 1 spiro atoms. The number of hydrogen-bond acceptors (Lipinski definition) is 6. The van der Waals surface area contributed by atoms with E-state index in [1.54, 1.807) is 10.9 Å². The van der Waals surface area contributed by atoms with Gasteiger partial charge in [-0.15, -0.1) is 5.10 Å². The molecule has 7 nitrogen and oxygen atoms in total. The maximum Gasteiger partial charge on any atom is 0.492 e. The highest BCUT2D eigenvalue weighted by Gasteiger charge is 2.50. The minimum absolute atomic E-state index is 0.119. The van der Waals surface area contributed by atoms with Crippen LogP contribution in [-0.2, 0) is 16.7 Å². The highest BCUT2D eigenvalue weighted by Crippen LogP contribution is 2.47. The Kier molecular flexibility index (Phi) is 3.92. The first kappa shape index (κ1) is 17.3. The van der Waals surface area contributed by atoms with Gasteiger partial charge in [-0.2, -0.15) is 4.68 Å². The third-order valence-electron chi connectivity index (χ3n) is 5.76. The van der Waals surface area contributed by atoms with Gasteiger partial charge in [-0.3, -0.25) is 4.79 Å². The topological polar surface area (TPSA) is 90.1 Å². The number of Topliss-reactive ketones (excluding diaryl/α,β-unsaturated/α-hetero) is 1. The Morgan fingerprint density at radius 2 is 2.18 bits per heavy atom. The fourth-order valence-electron chi connectivity index (χ4n) is 4.12. The highest BCUT2D eigenvalue weighted by molar-refractivity contribution is 6.62. The van der Waals surface area contributed by atoms with E-state index in [0.29, 0.717) is 17.2 Å². The van der Waals surface area contributed by atoms with Gasteiger partial charge in [-0.25, -0.2) is 4.98 Å². The smallest absolute Gasteiger partial charge is 0.423 e. The van der Waals surface area contributed by atoms with Crippen LogP contribution in [0.25, 0.3) is 5.82 Å². The SMILES string of the molecule is Cc1c(C(=O)Cc2ccc3c(c2)B(O)OC32CCC2)nnn1-c1ccccn1. The van der Waals surface area contributed by atoms with E-state index in [4.69, 9.17) is 4.65 Å². The van der Waals surface area contributed by atoms with Crippen LogP contribution in [0.4, 0.5) is 0 Å². The monoisotopic (exact) mass is 374 g/mol. The highest BCUT2D eigenvalue weighted by atomic mass is 16.5. The van der Waals surface area contributed by atoms with Crippen LogP contribution in [0.2, 0.25) is 0 Å². The van der Waals surface area contributed by atoms with Crippen LogP contribution in [0, 0.1) is 6.92 Å². The van der Waals surface area contributed by atoms with Gasteiger partial charge < -0.3 is 9.68 Å². The summed E-state index contributed by atoms with van der Waals surface area (Å²) in [6.45, 7) is 1.81. The Morgan fingerprint density at radius 3 is 2.89 bits per heavy atom. The first-order valence-corrected chi connectivity index (χ1v) is 9.43. The molecule has 3 heterocycles. The van der Waals surface area contributed by atoms with E-state index in [1.165, 1.54) is 0 Å². The molecule has 140 valence electrons. The summed E-state index contributed by atoms with van der Waals surface area (Å²) >= 11 is 0.